The highest BCUT2D eigenvalue weighted by Crippen LogP contribution is 2.50. The molecular weight excluding hydrogens is 434 g/mol. The summed E-state index contributed by atoms with van der Waals surface area (Å²) in [6, 6.07) is 2.11. The maximum atomic E-state index is 6.58. The number of halogens is 1. The van der Waals surface area contributed by atoms with Crippen LogP contribution in [0.25, 0.3) is 11.2 Å². The third-order valence-corrected chi connectivity index (χ3v) is 7.21. The van der Waals surface area contributed by atoms with Gasteiger partial charge in [0.25, 0.3) is 5.88 Å². The zero-order valence-corrected chi connectivity index (χ0v) is 18.8. The molecule has 0 unspecified atom stereocenters. The predicted molar refractivity (Wildman–Crippen MR) is 123 cm³/mol. The van der Waals surface area contributed by atoms with Crippen molar-refractivity contribution in [3.8, 4) is 5.88 Å². The summed E-state index contributed by atoms with van der Waals surface area (Å²) >= 11 is 8.25. The maximum Gasteiger partial charge on any atom is 0.255 e. The van der Waals surface area contributed by atoms with Crippen LogP contribution in [-0.4, -0.2) is 59.2 Å². The molecule has 0 atom stereocenters. The van der Waals surface area contributed by atoms with Crippen LogP contribution in [-0.2, 0) is 5.60 Å². The van der Waals surface area contributed by atoms with E-state index in [1.54, 1.807) is 11.3 Å². The van der Waals surface area contributed by atoms with Gasteiger partial charge in [0.1, 0.15) is 5.60 Å². The van der Waals surface area contributed by atoms with E-state index < -0.39 is 0 Å². The Balaban J connectivity index is 1.43. The van der Waals surface area contributed by atoms with Gasteiger partial charge in [0.05, 0.1) is 0 Å². The molecule has 8 nitrogen and oxygen atoms in total. The Hall–Kier alpha value is -2.23. The topological polar surface area (TPSA) is 79.3 Å². The van der Waals surface area contributed by atoms with Crippen LogP contribution in [0.3, 0.4) is 0 Å². The standard InChI is InChI=1S/C21H24ClN7OS/c22-16-19(30-21(4-5-21)14-3-12-31-13-14)25-17-15(24-16)18(28-8-1-2-9-28)27-20(26-17)29-10-6-23-7-11-29/h3,12-13,23H,1-2,4-11H2. The minimum Gasteiger partial charge on any atom is -0.464 e. The molecule has 2 aliphatic heterocycles. The summed E-state index contributed by atoms with van der Waals surface area (Å²) in [7, 11) is 0. The molecule has 0 amide bonds. The Morgan fingerprint density at radius 3 is 2.52 bits per heavy atom. The first-order valence-corrected chi connectivity index (χ1v) is 12.2. The van der Waals surface area contributed by atoms with Crippen molar-refractivity contribution < 1.29 is 4.74 Å². The molecule has 0 spiro atoms. The number of ether oxygens (including phenoxy) is 1. The molecule has 1 saturated carbocycles. The van der Waals surface area contributed by atoms with Crippen LogP contribution in [0.15, 0.2) is 16.8 Å². The third-order valence-electron chi connectivity index (χ3n) is 6.28. The summed E-state index contributed by atoms with van der Waals surface area (Å²) < 4.78 is 6.35. The van der Waals surface area contributed by atoms with Crippen LogP contribution in [0.2, 0.25) is 5.15 Å². The van der Waals surface area contributed by atoms with Crippen molar-refractivity contribution in [2.24, 2.45) is 0 Å². The van der Waals surface area contributed by atoms with Crippen LogP contribution in [0.1, 0.15) is 31.2 Å². The van der Waals surface area contributed by atoms with E-state index in [9.17, 15) is 0 Å². The van der Waals surface area contributed by atoms with Crippen molar-refractivity contribution in [2.45, 2.75) is 31.3 Å². The summed E-state index contributed by atoms with van der Waals surface area (Å²) in [6.45, 7) is 5.51. The summed E-state index contributed by atoms with van der Waals surface area (Å²) in [4.78, 5) is 23.6. The lowest BCUT2D eigenvalue weighted by Gasteiger charge is -2.28. The molecule has 3 fully saturated rings. The molecular formula is C21H24ClN7OS. The molecule has 0 radical (unpaired) electrons. The molecule has 3 aromatic heterocycles. The number of fused-ring (bicyclic) bond motifs is 1. The van der Waals surface area contributed by atoms with Gasteiger partial charge in [0.15, 0.2) is 22.1 Å². The maximum absolute atomic E-state index is 6.58. The highest BCUT2D eigenvalue weighted by Gasteiger charge is 2.48. The zero-order valence-electron chi connectivity index (χ0n) is 17.2. The lowest BCUT2D eigenvalue weighted by atomic mass is 10.2. The number of aromatic nitrogens is 4. The second-order valence-corrected chi connectivity index (χ2v) is 9.52. The molecule has 0 aromatic carbocycles. The SMILES string of the molecule is Clc1nc2c(N3CCCC3)nc(N3CCNCC3)nc2nc1OC1(c2ccsc2)CC1. The van der Waals surface area contributed by atoms with Crippen molar-refractivity contribution in [1.29, 1.82) is 0 Å². The first-order valence-electron chi connectivity index (χ1n) is 10.9. The molecule has 5 heterocycles. The quantitative estimate of drug-likeness (QED) is 0.625. The molecule has 10 heteroatoms. The van der Waals surface area contributed by atoms with Crippen molar-refractivity contribution in [3.05, 3.63) is 27.5 Å². The Morgan fingerprint density at radius 1 is 1.00 bits per heavy atom. The molecule has 1 aliphatic carbocycles. The number of hydrogen-bond acceptors (Lipinski definition) is 9. The molecule has 2 saturated heterocycles. The fourth-order valence-corrected chi connectivity index (χ4v) is 5.29. The highest BCUT2D eigenvalue weighted by atomic mass is 35.5. The van der Waals surface area contributed by atoms with Crippen molar-refractivity contribution in [2.75, 3.05) is 49.1 Å². The largest absolute Gasteiger partial charge is 0.464 e. The number of piperazine rings is 1. The van der Waals surface area contributed by atoms with Gasteiger partial charge < -0.3 is 19.9 Å². The minimum absolute atomic E-state index is 0.271. The van der Waals surface area contributed by atoms with Gasteiger partial charge in [-0.2, -0.15) is 26.3 Å². The van der Waals surface area contributed by atoms with Crippen LogP contribution in [0.5, 0.6) is 5.88 Å². The van der Waals surface area contributed by atoms with E-state index in [1.807, 2.05) is 0 Å². The predicted octanol–water partition coefficient (Wildman–Crippen LogP) is 3.21. The molecule has 1 N–H and O–H groups in total. The lowest BCUT2D eigenvalue weighted by molar-refractivity contribution is 0.173. The van der Waals surface area contributed by atoms with Gasteiger partial charge >= 0.3 is 0 Å². The second-order valence-electron chi connectivity index (χ2n) is 8.38. The van der Waals surface area contributed by atoms with Crippen LogP contribution >= 0.6 is 22.9 Å². The Kier molecular flexibility index (Phi) is 4.85. The Bertz CT molecular complexity index is 1090. The molecule has 162 valence electrons. The van der Waals surface area contributed by atoms with E-state index in [1.165, 1.54) is 5.56 Å². The van der Waals surface area contributed by atoms with Gasteiger partial charge in [-0.05, 0) is 42.5 Å². The highest BCUT2D eigenvalue weighted by molar-refractivity contribution is 7.08. The van der Waals surface area contributed by atoms with E-state index in [2.05, 4.69) is 36.9 Å². The number of nitrogens with one attached hydrogen (secondary N) is 1. The normalized spacial score (nSPS) is 20.4. The average molecular weight is 458 g/mol. The summed E-state index contributed by atoms with van der Waals surface area (Å²) in [6.07, 6.45) is 4.21. The van der Waals surface area contributed by atoms with Crippen molar-refractivity contribution in [1.82, 2.24) is 25.3 Å². The van der Waals surface area contributed by atoms with Gasteiger partial charge in [0.2, 0.25) is 5.95 Å². The van der Waals surface area contributed by atoms with E-state index >= 15 is 0 Å². The van der Waals surface area contributed by atoms with Crippen LogP contribution in [0, 0.1) is 0 Å². The van der Waals surface area contributed by atoms with Crippen molar-refractivity contribution >= 4 is 45.9 Å². The third kappa shape index (κ3) is 3.58. The number of hydrogen-bond donors (Lipinski definition) is 1. The summed E-state index contributed by atoms with van der Waals surface area (Å²) in [5.41, 5.74) is 2.04. The van der Waals surface area contributed by atoms with E-state index in [0.717, 1.165) is 70.8 Å². The van der Waals surface area contributed by atoms with E-state index in [-0.39, 0.29) is 10.8 Å². The van der Waals surface area contributed by atoms with E-state index in [0.29, 0.717) is 23.0 Å². The van der Waals surface area contributed by atoms with Crippen LogP contribution in [0.4, 0.5) is 11.8 Å². The Morgan fingerprint density at radius 2 is 1.81 bits per heavy atom. The van der Waals surface area contributed by atoms with E-state index in [4.69, 9.17) is 31.3 Å². The van der Waals surface area contributed by atoms with Gasteiger partial charge in [-0.1, -0.05) is 11.6 Å². The Labute approximate surface area is 189 Å². The number of rotatable bonds is 5. The number of anilines is 2. The fourth-order valence-electron chi connectivity index (χ4n) is 4.38. The van der Waals surface area contributed by atoms with Gasteiger partial charge in [0, 0.05) is 44.8 Å². The lowest BCUT2D eigenvalue weighted by Crippen LogP contribution is -2.44. The molecule has 31 heavy (non-hydrogen) atoms. The molecule has 6 rings (SSSR count). The van der Waals surface area contributed by atoms with Gasteiger partial charge in [-0.25, -0.2) is 4.98 Å². The first-order chi connectivity index (χ1) is 15.2. The fraction of sp³-hybridized carbons (Fsp3) is 0.524. The monoisotopic (exact) mass is 457 g/mol. The molecule has 3 aliphatic rings. The number of thiophene rings is 1. The van der Waals surface area contributed by atoms with Gasteiger partial charge in [-0.3, -0.25) is 0 Å². The second kappa shape index (κ2) is 7.72. The molecule has 0 bridgehead atoms. The average Bonchev–Trinajstić information content (AvgIpc) is 3.21. The molecule has 3 aromatic rings. The number of nitrogens with zero attached hydrogens (tertiary/aromatic N) is 6. The zero-order chi connectivity index (χ0) is 20.8. The smallest absolute Gasteiger partial charge is 0.255 e. The minimum atomic E-state index is -0.335. The summed E-state index contributed by atoms with van der Waals surface area (Å²) in [5.74, 6) is 1.89. The van der Waals surface area contributed by atoms with Crippen molar-refractivity contribution in [3.63, 3.8) is 0 Å². The van der Waals surface area contributed by atoms with Gasteiger partial charge in [-0.15, -0.1) is 0 Å². The van der Waals surface area contributed by atoms with Crippen LogP contribution < -0.4 is 19.9 Å². The first kappa shape index (κ1) is 19.5. The summed E-state index contributed by atoms with van der Waals surface area (Å²) in [5, 5.41) is 7.85.